The maximum Gasteiger partial charge on any atom is 0.220 e. The van der Waals surface area contributed by atoms with Crippen LogP contribution in [0, 0.1) is 0 Å². The molecule has 0 saturated carbocycles. The summed E-state index contributed by atoms with van der Waals surface area (Å²) in [5.74, 6) is -0.171. The lowest BCUT2D eigenvalue weighted by molar-refractivity contribution is -0.302. The lowest BCUT2D eigenvalue weighted by Gasteiger charge is -2.40. The molecule has 476 valence electrons. The fraction of sp³-hybridized carbons (Fsp3) is 0.875. The van der Waals surface area contributed by atoms with E-state index in [0.717, 1.165) is 51.4 Å². The van der Waals surface area contributed by atoms with Crippen molar-refractivity contribution in [2.24, 2.45) is 0 Å². The maximum atomic E-state index is 13.1. The molecule has 1 rings (SSSR count). The molecule has 0 bridgehead atoms. The molecule has 0 spiro atoms. The fourth-order valence-electron chi connectivity index (χ4n) is 11.3. The molecule has 1 aliphatic rings. The first-order valence-corrected chi connectivity index (χ1v) is 35.4. The molecule has 0 aliphatic carbocycles. The number of allylic oxidation sites excluding steroid dienone is 7. The summed E-state index contributed by atoms with van der Waals surface area (Å²) in [7, 11) is 0. The molecule has 9 nitrogen and oxygen atoms in total. The molecule has 0 aromatic rings. The van der Waals surface area contributed by atoms with Gasteiger partial charge >= 0.3 is 0 Å². The van der Waals surface area contributed by atoms with Crippen molar-refractivity contribution in [3.63, 3.8) is 0 Å². The van der Waals surface area contributed by atoms with Crippen LogP contribution in [0.25, 0.3) is 0 Å². The number of hydrogen-bond acceptors (Lipinski definition) is 8. The van der Waals surface area contributed by atoms with Crippen LogP contribution < -0.4 is 5.32 Å². The van der Waals surface area contributed by atoms with Crippen LogP contribution in [0.15, 0.2) is 48.6 Å². The van der Waals surface area contributed by atoms with Crippen LogP contribution >= 0.6 is 0 Å². The van der Waals surface area contributed by atoms with Crippen molar-refractivity contribution in [2.45, 2.75) is 391 Å². The fourth-order valence-corrected chi connectivity index (χ4v) is 11.3. The Kier molecular flexibility index (Phi) is 58.3. The highest BCUT2D eigenvalue weighted by atomic mass is 16.7. The van der Waals surface area contributed by atoms with E-state index in [4.69, 9.17) is 9.47 Å². The summed E-state index contributed by atoms with van der Waals surface area (Å²) < 4.78 is 11.3. The highest BCUT2D eigenvalue weighted by Gasteiger charge is 2.44. The summed E-state index contributed by atoms with van der Waals surface area (Å²) in [6, 6.07) is -0.806. The maximum absolute atomic E-state index is 13.1. The summed E-state index contributed by atoms with van der Waals surface area (Å²) in [4.78, 5) is 13.1. The van der Waals surface area contributed by atoms with E-state index < -0.39 is 49.5 Å². The van der Waals surface area contributed by atoms with E-state index in [1.807, 2.05) is 6.08 Å². The molecule has 0 radical (unpaired) electrons. The van der Waals surface area contributed by atoms with Crippen LogP contribution in [0.2, 0.25) is 0 Å². The molecule has 0 aromatic heterocycles. The number of unbranched alkanes of at least 4 members (excludes halogenated alkanes) is 46. The van der Waals surface area contributed by atoms with Gasteiger partial charge in [-0.3, -0.25) is 4.79 Å². The van der Waals surface area contributed by atoms with E-state index in [2.05, 4.69) is 55.6 Å². The average molecular weight is 1140 g/mol. The molecule has 1 heterocycles. The van der Waals surface area contributed by atoms with Gasteiger partial charge in [0, 0.05) is 6.42 Å². The van der Waals surface area contributed by atoms with Gasteiger partial charge in [0.15, 0.2) is 6.29 Å². The van der Waals surface area contributed by atoms with Gasteiger partial charge in [0.25, 0.3) is 0 Å². The Morgan fingerprint density at radius 1 is 0.420 bits per heavy atom. The van der Waals surface area contributed by atoms with Gasteiger partial charge in [0.1, 0.15) is 24.4 Å². The summed E-state index contributed by atoms with van der Waals surface area (Å²) in [5.41, 5.74) is 0. The predicted octanol–water partition coefficient (Wildman–Crippen LogP) is 19.2. The molecule has 0 aromatic carbocycles. The van der Waals surface area contributed by atoms with Gasteiger partial charge in [-0.2, -0.15) is 0 Å². The second kappa shape index (κ2) is 61.2. The Morgan fingerprint density at radius 3 is 1.07 bits per heavy atom. The number of rotatable bonds is 62. The van der Waals surface area contributed by atoms with E-state index in [9.17, 15) is 30.3 Å². The van der Waals surface area contributed by atoms with Crippen LogP contribution in [0.4, 0.5) is 0 Å². The third-order valence-electron chi connectivity index (χ3n) is 16.9. The van der Waals surface area contributed by atoms with Gasteiger partial charge in [-0.05, 0) is 57.8 Å². The standard InChI is InChI=1S/C72H135NO8/c1-3-5-7-9-11-13-15-17-19-21-23-25-27-29-30-31-32-33-34-35-36-38-40-42-44-46-48-50-52-54-56-58-60-62-68(76)73-65(64-80-72-71(79)70(78)69(77)67(63-74)81-72)66(75)61-59-57-55-53-51-49-47-45-43-41-39-37-28-26-24-22-20-18-16-14-12-10-8-6-4-2/h15,17,21,23,27,29,59,61,65-67,69-72,74-75,77-79H,3-14,16,18-20,22,24-26,28,30-58,60,62-64H2,1-2H3,(H,73,76)/b17-15-,23-21-,29-27-,61-59+. The number of carbonyl (C=O) groups is 1. The van der Waals surface area contributed by atoms with Crippen molar-refractivity contribution in [3.05, 3.63) is 48.6 Å². The zero-order chi connectivity index (χ0) is 58.6. The van der Waals surface area contributed by atoms with Crippen molar-refractivity contribution < 1.29 is 39.8 Å². The number of aliphatic hydroxyl groups excluding tert-OH is 5. The van der Waals surface area contributed by atoms with E-state index in [1.165, 1.54) is 276 Å². The van der Waals surface area contributed by atoms with Gasteiger partial charge in [-0.25, -0.2) is 0 Å². The third-order valence-corrected chi connectivity index (χ3v) is 16.9. The summed E-state index contributed by atoms with van der Waals surface area (Å²) >= 11 is 0. The summed E-state index contributed by atoms with van der Waals surface area (Å²) in [5, 5.41) is 54.8. The molecule has 7 unspecified atom stereocenters. The molecule has 9 heteroatoms. The molecule has 1 aliphatic heterocycles. The zero-order valence-corrected chi connectivity index (χ0v) is 53.3. The van der Waals surface area contributed by atoms with Gasteiger partial charge < -0.3 is 40.3 Å². The Labute approximate surface area is 501 Å². The molecule has 1 saturated heterocycles. The Bertz CT molecular complexity index is 1420. The SMILES string of the molecule is CCCCCCC/C=C\C/C=C\C/C=C\CCCCCCCCCCCCCCCCCCCCC(=O)NC(COC1OC(CO)C(O)C(O)C1O)C(O)/C=C/CCCCCCCCCCCCCCCCCCCCCCCCC. The van der Waals surface area contributed by atoms with Crippen LogP contribution in [-0.2, 0) is 14.3 Å². The van der Waals surface area contributed by atoms with Crippen molar-refractivity contribution in [1.82, 2.24) is 5.32 Å². The number of nitrogens with one attached hydrogen (secondary N) is 1. The monoisotopic (exact) mass is 1140 g/mol. The average Bonchev–Trinajstić information content (AvgIpc) is 3.50. The van der Waals surface area contributed by atoms with Gasteiger partial charge in [0.2, 0.25) is 5.91 Å². The molecule has 6 N–H and O–H groups in total. The molecular weight excluding hydrogens is 1010 g/mol. The summed E-state index contributed by atoms with van der Waals surface area (Å²) in [6.07, 6.45) is 76.4. The van der Waals surface area contributed by atoms with Crippen LogP contribution in [-0.4, -0.2) is 87.5 Å². The molecular formula is C72H135NO8. The topological polar surface area (TPSA) is 149 Å². The minimum absolute atomic E-state index is 0.171. The van der Waals surface area contributed by atoms with Gasteiger partial charge in [-0.1, -0.05) is 332 Å². The smallest absolute Gasteiger partial charge is 0.220 e. The first-order chi connectivity index (χ1) is 39.8. The Balaban J connectivity index is 2.12. The Morgan fingerprint density at radius 2 is 0.728 bits per heavy atom. The first-order valence-electron chi connectivity index (χ1n) is 35.4. The number of ether oxygens (including phenoxy) is 2. The van der Waals surface area contributed by atoms with Crippen LogP contribution in [0.5, 0.6) is 0 Å². The second-order valence-electron chi connectivity index (χ2n) is 24.7. The molecule has 1 amide bonds. The Hall–Kier alpha value is -1.85. The predicted molar refractivity (Wildman–Crippen MR) is 346 cm³/mol. The van der Waals surface area contributed by atoms with Crippen molar-refractivity contribution >= 4 is 5.91 Å². The molecule has 81 heavy (non-hydrogen) atoms. The zero-order valence-electron chi connectivity index (χ0n) is 53.3. The van der Waals surface area contributed by atoms with Crippen molar-refractivity contribution in [1.29, 1.82) is 0 Å². The number of carbonyl (C=O) groups excluding carboxylic acids is 1. The number of aliphatic hydroxyl groups is 5. The minimum atomic E-state index is -1.57. The lowest BCUT2D eigenvalue weighted by atomic mass is 9.99. The largest absolute Gasteiger partial charge is 0.394 e. The molecule has 1 fully saturated rings. The van der Waals surface area contributed by atoms with Crippen LogP contribution in [0.3, 0.4) is 0 Å². The highest BCUT2D eigenvalue weighted by Crippen LogP contribution is 2.23. The molecule has 7 atom stereocenters. The number of hydrogen-bond donors (Lipinski definition) is 6. The second-order valence-corrected chi connectivity index (χ2v) is 24.7. The highest BCUT2D eigenvalue weighted by molar-refractivity contribution is 5.76. The minimum Gasteiger partial charge on any atom is -0.394 e. The van der Waals surface area contributed by atoms with E-state index in [1.54, 1.807) is 6.08 Å². The number of amides is 1. The van der Waals surface area contributed by atoms with E-state index in [-0.39, 0.29) is 12.5 Å². The van der Waals surface area contributed by atoms with Gasteiger partial charge in [-0.15, -0.1) is 0 Å². The quantitative estimate of drug-likeness (QED) is 0.0261. The van der Waals surface area contributed by atoms with Crippen LogP contribution in [0.1, 0.15) is 348 Å². The van der Waals surface area contributed by atoms with E-state index in [0.29, 0.717) is 6.42 Å². The summed E-state index contributed by atoms with van der Waals surface area (Å²) in [6.45, 7) is 3.82. The van der Waals surface area contributed by atoms with Gasteiger partial charge in [0.05, 0.1) is 25.4 Å². The lowest BCUT2D eigenvalue weighted by Crippen LogP contribution is -2.60. The van der Waals surface area contributed by atoms with E-state index >= 15 is 0 Å². The van der Waals surface area contributed by atoms with Crippen molar-refractivity contribution in [2.75, 3.05) is 13.2 Å². The van der Waals surface area contributed by atoms with Crippen molar-refractivity contribution in [3.8, 4) is 0 Å². The normalized spacial score (nSPS) is 18.6. The third kappa shape index (κ3) is 50.1. The first kappa shape index (κ1) is 77.2.